The summed E-state index contributed by atoms with van der Waals surface area (Å²) in [7, 11) is 0. The summed E-state index contributed by atoms with van der Waals surface area (Å²) in [5, 5.41) is 11.3. The van der Waals surface area contributed by atoms with Crippen molar-refractivity contribution in [2.45, 2.75) is 20.8 Å². The largest absolute Gasteiger partial charge is 0.514 e. The van der Waals surface area contributed by atoms with E-state index in [-0.39, 0.29) is 0 Å². The van der Waals surface area contributed by atoms with Gasteiger partial charge in [0.25, 0.3) is 0 Å². The zero-order valence-electron chi connectivity index (χ0n) is 8.28. The third-order valence-electron chi connectivity index (χ3n) is 1.28. The third-order valence-corrected chi connectivity index (χ3v) is 1.28. The molecule has 0 saturated heterocycles. The molecule has 0 aromatic carbocycles. The molecule has 3 heteroatoms. The quantitative estimate of drug-likeness (QED) is 0.302. The Bertz CT molecular complexity index is 250. The van der Waals surface area contributed by atoms with Crippen LogP contribution in [0.5, 0.6) is 0 Å². The van der Waals surface area contributed by atoms with E-state index in [0.717, 1.165) is 12.0 Å². The lowest BCUT2D eigenvalue weighted by molar-refractivity contribution is 0.464. The van der Waals surface area contributed by atoms with Crippen LogP contribution in [-0.2, 0) is 0 Å². The van der Waals surface area contributed by atoms with Gasteiger partial charge in [-0.05, 0) is 26.8 Å². The minimum absolute atomic E-state index is 0.655. The number of aliphatic hydroxyl groups is 1. The highest BCUT2D eigenvalue weighted by atomic mass is 16.2. The lowest BCUT2D eigenvalue weighted by atomic mass is 10.4. The SMILES string of the molecule is C/C=C/C=C(/C)N=CN/C(C)=C\O. The zero-order chi connectivity index (χ0) is 10.1. The molecule has 0 unspecified atom stereocenters. The van der Waals surface area contributed by atoms with Crippen molar-refractivity contribution in [1.82, 2.24) is 5.32 Å². The molecular weight excluding hydrogens is 164 g/mol. The minimum Gasteiger partial charge on any atom is -0.514 e. The highest BCUT2D eigenvalue weighted by Crippen LogP contribution is 1.93. The average Bonchev–Trinajstić information content (AvgIpc) is 2.14. The van der Waals surface area contributed by atoms with Crippen molar-refractivity contribution in [1.29, 1.82) is 0 Å². The number of nitrogens with one attached hydrogen (secondary N) is 1. The van der Waals surface area contributed by atoms with Crippen molar-refractivity contribution in [3.05, 3.63) is 35.9 Å². The van der Waals surface area contributed by atoms with Gasteiger partial charge in [0.15, 0.2) is 0 Å². The van der Waals surface area contributed by atoms with E-state index in [1.807, 2.05) is 32.1 Å². The first-order chi connectivity index (χ1) is 6.20. The first-order valence-corrected chi connectivity index (χ1v) is 4.10. The number of allylic oxidation sites excluding steroid dienone is 5. The normalized spacial score (nSPS) is 14.4. The number of nitrogens with zero attached hydrogens (tertiary/aromatic N) is 1. The Balaban J connectivity index is 3.98. The summed E-state index contributed by atoms with van der Waals surface area (Å²) in [4.78, 5) is 4.07. The van der Waals surface area contributed by atoms with Crippen LogP contribution in [0.2, 0.25) is 0 Å². The van der Waals surface area contributed by atoms with Crippen LogP contribution >= 0.6 is 0 Å². The zero-order valence-corrected chi connectivity index (χ0v) is 8.28. The molecule has 0 spiro atoms. The first kappa shape index (κ1) is 11.5. The van der Waals surface area contributed by atoms with Crippen LogP contribution in [0.25, 0.3) is 0 Å². The van der Waals surface area contributed by atoms with Crippen LogP contribution in [0.3, 0.4) is 0 Å². The van der Waals surface area contributed by atoms with Gasteiger partial charge in [0.05, 0.1) is 12.6 Å². The lowest BCUT2D eigenvalue weighted by Gasteiger charge is -1.95. The van der Waals surface area contributed by atoms with E-state index in [9.17, 15) is 0 Å². The molecule has 3 nitrogen and oxygen atoms in total. The number of hydrogen-bond donors (Lipinski definition) is 2. The molecule has 0 aromatic heterocycles. The van der Waals surface area contributed by atoms with Gasteiger partial charge >= 0.3 is 0 Å². The van der Waals surface area contributed by atoms with Crippen LogP contribution in [0.15, 0.2) is 40.9 Å². The van der Waals surface area contributed by atoms with E-state index in [1.165, 1.54) is 6.34 Å². The summed E-state index contributed by atoms with van der Waals surface area (Å²) in [6.07, 6.45) is 8.29. The highest BCUT2D eigenvalue weighted by molar-refractivity contribution is 5.58. The van der Waals surface area contributed by atoms with E-state index in [2.05, 4.69) is 10.3 Å². The molecule has 0 bridgehead atoms. The topological polar surface area (TPSA) is 44.6 Å². The van der Waals surface area contributed by atoms with Gasteiger partial charge in [-0.2, -0.15) is 0 Å². The van der Waals surface area contributed by atoms with Crippen molar-refractivity contribution >= 4 is 6.34 Å². The second-order valence-corrected chi connectivity index (χ2v) is 2.55. The fourth-order valence-electron chi connectivity index (χ4n) is 0.552. The summed E-state index contributed by atoms with van der Waals surface area (Å²) in [5.74, 6) is 0. The molecule has 0 radical (unpaired) electrons. The first-order valence-electron chi connectivity index (χ1n) is 4.10. The van der Waals surface area contributed by atoms with Crippen LogP contribution in [-0.4, -0.2) is 11.4 Å². The Morgan fingerprint density at radius 1 is 1.38 bits per heavy atom. The summed E-state index contributed by atoms with van der Waals surface area (Å²) >= 11 is 0. The summed E-state index contributed by atoms with van der Waals surface area (Å²) < 4.78 is 0. The van der Waals surface area contributed by atoms with Crippen molar-refractivity contribution in [2.75, 3.05) is 0 Å². The molecule has 13 heavy (non-hydrogen) atoms. The highest BCUT2D eigenvalue weighted by Gasteiger charge is 1.81. The fourth-order valence-corrected chi connectivity index (χ4v) is 0.552. The molecular formula is C10H16N2O. The Kier molecular flexibility index (Phi) is 6.32. The second kappa shape index (κ2) is 7.16. The van der Waals surface area contributed by atoms with Crippen molar-refractivity contribution < 1.29 is 5.11 Å². The lowest BCUT2D eigenvalue weighted by Crippen LogP contribution is -2.07. The van der Waals surface area contributed by atoms with Gasteiger partial charge < -0.3 is 10.4 Å². The monoisotopic (exact) mass is 180 g/mol. The number of rotatable bonds is 4. The number of aliphatic hydroxyl groups excluding tert-OH is 1. The van der Waals surface area contributed by atoms with Gasteiger partial charge in [0, 0.05) is 11.4 Å². The molecule has 0 aromatic rings. The van der Waals surface area contributed by atoms with Gasteiger partial charge in [-0.25, -0.2) is 4.99 Å². The molecule has 72 valence electrons. The summed E-state index contributed by atoms with van der Waals surface area (Å²) in [5.41, 5.74) is 1.55. The van der Waals surface area contributed by atoms with Crippen LogP contribution < -0.4 is 5.32 Å². The maximum absolute atomic E-state index is 8.53. The Hall–Kier alpha value is -1.51. The van der Waals surface area contributed by atoms with Gasteiger partial charge in [-0.3, -0.25) is 0 Å². The maximum Gasteiger partial charge on any atom is 0.0981 e. The Morgan fingerprint density at radius 2 is 2.08 bits per heavy atom. The Labute approximate surface area is 79.2 Å². The minimum atomic E-state index is 0.655. The molecule has 0 fully saturated rings. The third kappa shape index (κ3) is 6.87. The summed E-state index contributed by atoms with van der Waals surface area (Å²) in [6, 6.07) is 0. The second-order valence-electron chi connectivity index (χ2n) is 2.55. The standard InChI is InChI=1S/C10H16N2O/c1-4-5-6-9(2)11-8-12-10(3)7-13/h4-8,13H,1-3H3,(H,11,12)/b5-4+,9-6-,10-7-. The van der Waals surface area contributed by atoms with Crippen LogP contribution in [0.4, 0.5) is 0 Å². The Morgan fingerprint density at radius 3 is 2.62 bits per heavy atom. The van der Waals surface area contributed by atoms with Crippen molar-refractivity contribution in [2.24, 2.45) is 4.99 Å². The van der Waals surface area contributed by atoms with Crippen LogP contribution in [0.1, 0.15) is 20.8 Å². The predicted octanol–water partition coefficient (Wildman–Crippen LogP) is 2.50. The van der Waals surface area contributed by atoms with Crippen LogP contribution in [0, 0.1) is 0 Å². The fraction of sp³-hybridized carbons (Fsp3) is 0.300. The van der Waals surface area contributed by atoms with E-state index >= 15 is 0 Å². The number of hydrogen-bond acceptors (Lipinski definition) is 2. The predicted molar refractivity (Wildman–Crippen MR) is 56.6 cm³/mol. The van der Waals surface area contributed by atoms with Crippen molar-refractivity contribution in [3.63, 3.8) is 0 Å². The molecule has 0 aliphatic heterocycles. The van der Waals surface area contributed by atoms with E-state index in [0.29, 0.717) is 5.70 Å². The van der Waals surface area contributed by atoms with Gasteiger partial charge in [0.2, 0.25) is 0 Å². The van der Waals surface area contributed by atoms with Gasteiger partial charge in [-0.15, -0.1) is 0 Å². The van der Waals surface area contributed by atoms with Crippen molar-refractivity contribution in [3.8, 4) is 0 Å². The molecule has 0 saturated carbocycles. The molecule has 0 atom stereocenters. The van der Waals surface area contributed by atoms with Gasteiger partial charge in [0.1, 0.15) is 0 Å². The molecule has 0 rings (SSSR count). The molecule has 0 amide bonds. The number of aliphatic imine (C=N–C) groups is 1. The van der Waals surface area contributed by atoms with Gasteiger partial charge in [-0.1, -0.05) is 12.2 Å². The summed E-state index contributed by atoms with van der Waals surface area (Å²) in [6.45, 7) is 5.59. The van der Waals surface area contributed by atoms with E-state index in [4.69, 9.17) is 5.11 Å². The maximum atomic E-state index is 8.53. The smallest absolute Gasteiger partial charge is 0.0981 e. The molecule has 0 aliphatic rings. The van der Waals surface area contributed by atoms with E-state index in [1.54, 1.807) is 6.92 Å². The molecule has 2 N–H and O–H groups in total. The molecule has 0 heterocycles. The van der Waals surface area contributed by atoms with E-state index < -0.39 is 0 Å². The average molecular weight is 180 g/mol. The molecule has 0 aliphatic carbocycles.